The Morgan fingerprint density at radius 1 is 1.03 bits per heavy atom. The molecule has 0 saturated heterocycles. The predicted octanol–water partition coefficient (Wildman–Crippen LogP) is 12.1. The zero-order chi connectivity index (χ0) is 29.6. The Kier molecular flexibility index (Phi) is 36.6. The van der Waals surface area contributed by atoms with Crippen LogP contribution in [0.5, 0.6) is 5.75 Å². The van der Waals surface area contributed by atoms with E-state index >= 15 is 0 Å². The van der Waals surface area contributed by atoms with E-state index in [-0.39, 0.29) is 0 Å². The lowest BCUT2D eigenvalue weighted by atomic mass is 9.78. The number of hydrogen-bond acceptors (Lipinski definition) is 1. The summed E-state index contributed by atoms with van der Waals surface area (Å²) in [5.74, 6) is 4.03. The lowest BCUT2D eigenvalue weighted by Gasteiger charge is -2.28. The summed E-state index contributed by atoms with van der Waals surface area (Å²) >= 11 is 0. The quantitative estimate of drug-likeness (QED) is 0.247. The average molecular weight is 515 g/mol. The first-order valence-electron chi connectivity index (χ1n) is 15.1. The number of rotatable bonds is 8. The van der Waals surface area contributed by atoms with Crippen LogP contribution in [-0.4, -0.2) is 6.61 Å². The molecule has 0 aliphatic heterocycles. The molecule has 0 heterocycles. The van der Waals surface area contributed by atoms with Crippen molar-refractivity contribution in [3.8, 4) is 18.6 Å². The van der Waals surface area contributed by atoms with Crippen molar-refractivity contribution in [2.45, 2.75) is 134 Å². The number of ether oxygens (including phenoxy) is 1. The molecule has 1 saturated carbocycles. The second kappa shape index (κ2) is 32.1. The van der Waals surface area contributed by atoms with Crippen LogP contribution in [0.25, 0.3) is 0 Å². The van der Waals surface area contributed by atoms with Gasteiger partial charge in [-0.1, -0.05) is 130 Å². The summed E-state index contributed by atoms with van der Waals surface area (Å²) in [5.41, 5.74) is 3.76. The fourth-order valence-corrected chi connectivity index (χ4v) is 4.01. The van der Waals surface area contributed by atoms with Gasteiger partial charge in [-0.3, -0.25) is 0 Å². The molecule has 0 bridgehead atoms. The van der Waals surface area contributed by atoms with Crippen LogP contribution in [-0.2, 0) is 6.42 Å². The van der Waals surface area contributed by atoms with Gasteiger partial charge in [0.2, 0.25) is 0 Å². The highest BCUT2D eigenvalue weighted by Gasteiger charge is 2.19. The first-order valence-corrected chi connectivity index (χ1v) is 15.1. The molecule has 0 spiro atoms. The normalized spacial score (nSPS) is 16.5. The number of terminal acetylenes is 1. The van der Waals surface area contributed by atoms with E-state index in [1.165, 1.54) is 56.1 Å². The molecule has 1 aromatic carbocycles. The van der Waals surface area contributed by atoms with Crippen molar-refractivity contribution in [1.82, 2.24) is 0 Å². The summed E-state index contributed by atoms with van der Waals surface area (Å²) in [5, 5.41) is 0. The summed E-state index contributed by atoms with van der Waals surface area (Å²) in [7, 11) is 0. The highest BCUT2D eigenvalue weighted by Crippen LogP contribution is 2.33. The molecule has 1 nitrogen and oxygen atoms in total. The van der Waals surface area contributed by atoms with Crippen LogP contribution in [0.3, 0.4) is 0 Å². The van der Waals surface area contributed by atoms with Gasteiger partial charge in [0.25, 0.3) is 0 Å². The Balaban J connectivity index is -0.000000206. The lowest BCUT2D eigenvalue weighted by Crippen LogP contribution is -2.14. The molecule has 0 amide bonds. The molecule has 1 unspecified atom stereocenters. The molecule has 2 rings (SSSR count). The lowest BCUT2D eigenvalue weighted by molar-refractivity contribution is 0.246. The van der Waals surface area contributed by atoms with Gasteiger partial charge in [-0.15, -0.1) is 12.8 Å². The van der Waals surface area contributed by atoms with Gasteiger partial charge >= 0.3 is 0 Å². The maximum absolute atomic E-state index is 5.35. The van der Waals surface area contributed by atoms with E-state index in [4.69, 9.17) is 4.74 Å². The van der Waals surface area contributed by atoms with Crippen molar-refractivity contribution in [3.63, 3.8) is 0 Å². The van der Waals surface area contributed by atoms with Crippen molar-refractivity contribution in [3.05, 3.63) is 53.6 Å². The molecule has 1 aromatic rings. The Morgan fingerprint density at radius 3 is 1.95 bits per heavy atom. The molecular weight excluding hydrogens is 448 g/mol. The van der Waals surface area contributed by atoms with Crippen LogP contribution in [0.1, 0.15) is 134 Å². The Morgan fingerprint density at radius 2 is 1.57 bits per heavy atom. The Labute approximate surface area is 235 Å². The van der Waals surface area contributed by atoms with Crippen LogP contribution in [0.4, 0.5) is 0 Å². The predicted molar refractivity (Wildman–Crippen MR) is 174 cm³/mol. The van der Waals surface area contributed by atoms with Crippen LogP contribution in [0, 0.1) is 30.6 Å². The first-order chi connectivity index (χ1) is 17.8. The molecule has 37 heavy (non-hydrogen) atoms. The summed E-state index contributed by atoms with van der Waals surface area (Å²) in [6, 6.07) is 8.22. The van der Waals surface area contributed by atoms with E-state index in [0.717, 1.165) is 42.1 Å². The van der Waals surface area contributed by atoms with Gasteiger partial charge < -0.3 is 4.74 Å². The van der Waals surface area contributed by atoms with Crippen LogP contribution in [0.2, 0.25) is 0 Å². The fourth-order valence-electron chi connectivity index (χ4n) is 4.01. The number of allylic oxidation sites excluding steroid dienone is 3. The molecule has 0 radical (unpaired) electrons. The summed E-state index contributed by atoms with van der Waals surface area (Å²) in [6.45, 7) is 29.9. The van der Waals surface area contributed by atoms with Crippen molar-refractivity contribution < 1.29 is 4.74 Å². The molecule has 1 aliphatic carbocycles. The maximum atomic E-state index is 5.35. The Bertz CT molecular complexity index is 644. The van der Waals surface area contributed by atoms with E-state index in [1.807, 2.05) is 60.6 Å². The van der Waals surface area contributed by atoms with E-state index in [1.54, 1.807) is 0 Å². The van der Waals surface area contributed by atoms with Gasteiger partial charge in [-0.2, -0.15) is 0 Å². The highest BCUT2D eigenvalue weighted by atomic mass is 16.5. The van der Waals surface area contributed by atoms with Crippen molar-refractivity contribution in [1.29, 1.82) is 0 Å². The van der Waals surface area contributed by atoms with Crippen LogP contribution < -0.4 is 4.74 Å². The molecule has 216 valence electrons. The second-order valence-corrected chi connectivity index (χ2v) is 9.44. The summed E-state index contributed by atoms with van der Waals surface area (Å²) in [4.78, 5) is 0. The molecule has 0 N–H and O–H groups in total. The minimum atomic E-state index is 0.743. The molecular formula is C36H66O. The average Bonchev–Trinajstić information content (AvgIpc) is 2.94. The van der Waals surface area contributed by atoms with Crippen molar-refractivity contribution in [2.24, 2.45) is 17.8 Å². The SMILES string of the molecule is C#C.C=C(C)/C(C)=C/C.CC.CC.CCCC(C)CC1CCC(C)CC1.CCOc1cccc(CC)c1. The molecule has 0 aromatic heterocycles. The number of aryl methyl sites for hydroxylation is 1. The van der Waals surface area contributed by atoms with E-state index in [2.05, 4.69) is 72.3 Å². The van der Waals surface area contributed by atoms with Gasteiger partial charge in [-0.05, 0) is 76.0 Å². The highest BCUT2D eigenvalue weighted by molar-refractivity contribution is 5.28. The van der Waals surface area contributed by atoms with Crippen molar-refractivity contribution >= 4 is 0 Å². The van der Waals surface area contributed by atoms with E-state index < -0.39 is 0 Å². The summed E-state index contributed by atoms with van der Waals surface area (Å²) < 4.78 is 5.35. The molecule has 1 atom stereocenters. The number of hydrogen-bond donors (Lipinski definition) is 0. The van der Waals surface area contributed by atoms with Gasteiger partial charge in [0, 0.05) is 0 Å². The van der Waals surface area contributed by atoms with Crippen LogP contribution in [0.15, 0.2) is 48.1 Å². The molecule has 1 heteroatoms. The third-order valence-electron chi connectivity index (χ3n) is 6.38. The number of benzene rings is 1. The van der Waals surface area contributed by atoms with Crippen LogP contribution >= 0.6 is 0 Å². The summed E-state index contributed by atoms with van der Waals surface area (Å²) in [6.07, 6.45) is 21.4. The van der Waals surface area contributed by atoms with Crippen molar-refractivity contribution in [2.75, 3.05) is 6.61 Å². The van der Waals surface area contributed by atoms with Gasteiger partial charge in [0.1, 0.15) is 5.75 Å². The largest absolute Gasteiger partial charge is 0.494 e. The molecule has 1 aliphatic rings. The fraction of sp³-hybridized carbons (Fsp3) is 0.667. The van der Waals surface area contributed by atoms with E-state index in [9.17, 15) is 0 Å². The second-order valence-electron chi connectivity index (χ2n) is 9.44. The minimum Gasteiger partial charge on any atom is -0.494 e. The van der Waals surface area contributed by atoms with Gasteiger partial charge in [0.05, 0.1) is 6.61 Å². The third kappa shape index (κ3) is 26.9. The maximum Gasteiger partial charge on any atom is 0.119 e. The zero-order valence-electron chi connectivity index (χ0n) is 27.3. The van der Waals surface area contributed by atoms with Gasteiger partial charge in [0.15, 0.2) is 0 Å². The first kappa shape index (κ1) is 42.2. The Hall–Kier alpha value is -1.94. The minimum absolute atomic E-state index is 0.743. The zero-order valence-corrected chi connectivity index (χ0v) is 27.3. The standard InChI is InChI=1S/C13H26.C10H14O.C7H12.2C2H6.C2H2/c1-4-5-12(3)10-13-8-6-11(2)7-9-13;1-3-9-6-5-7-10(8-9)11-4-2;1-5-7(4)6(2)3;3*1-2/h11-13H,4-10H2,1-3H3;5-8H,3-4H2,1-2H3;5H,2H2,1,3-4H3;2*1-2H3;1-2H/b;;7-5+;;;. The smallest absolute Gasteiger partial charge is 0.119 e. The van der Waals surface area contributed by atoms with Gasteiger partial charge in [-0.25, -0.2) is 0 Å². The third-order valence-corrected chi connectivity index (χ3v) is 6.38. The topological polar surface area (TPSA) is 9.23 Å². The monoisotopic (exact) mass is 515 g/mol. The van der Waals surface area contributed by atoms with E-state index in [0.29, 0.717) is 0 Å². The molecule has 1 fully saturated rings.